The number of nitrogens with two attached hydrogens (primary N) is 1. The number of rotatable bonds is 4. The maximum Gasteiger partial charge on any atom is 0.323 e. The highest BCUT2D eigenvalue weighted by Gasteiger charge is 2.29. The lowest BCUT2D eigenvalue weighted by molar-refractivity contribution is -0.142. The molecule has 0 spiro atoms. The second kappa shape index (κ2) is 3.56. The van der Waals surface area contributed by atoms with E-state index in [9.17, 15) is 9.36 Å². The molecule has 0 aromatic carbocycles. The van der Waals surface area contributed by atoms with E-state index in [0.717, 1.165) is 0 Å². The lowest BCUT2D eigenvalue weighted by Gasteiger charge is -2.19. The Morgan fingerprint density at radius 3 is 2.33 bits per heavy atom. The number of hydrogen-bond donors (Lipinski definition) is 3. The third-order valence-electron chi connectivity index (χ3n) is 1.53. The van der Waals surface area contributed by atoms with E-state index >= 15 is 0 Å². The zero-order valence-electron chi connectivity index (χ0n) is 7.15. The Kier molecular flexibility index (Phi) is 3.45. The number of carboxylic acid groups (broad SMARTS) is 1. The van der Waals surface area contributed by atoms with Crippen molar-refractivity contribution >= 4 is 13.3 Å². The normalized spacial score (nSPS) is 21.0. The van der Waals surface area contributed by atoms with Gasteiger partial charge in [0.05, 0.1) is 0 Å². The molecule has 72 valence electrons. The molecule has 0 heterocycles. The summed E-state index contributed by atoms with van der Waals surface area (Å²) in [5.41, 5.74) is 3.93. The highest BCUT2D eigenvalue weighted by molar-refractivity contribution is 7.57. The Bertz CT molecular complexity index is 220. The smallest absolute Gasteiger partial charge is 0.323 e. The fourth-order valence-electron chi connectivity index (χ4n) is 0.547. The predicted octanol–water partition coefficient (Wildman–Crippen LogP) is 0.0787. The van der Waals surface area contributed by atoms with E-state index in [-0.39, 0.29) is 12.6 Å². The van der Waals surface area contributed by atoms with Crippen molar-refractivity contribution in [1.82, 2.24) is 0 Å². The van der Waals surface area contributed by atoms with Crippen LogP contribution in [0.2, 0.25) is 0 Å². The number of hydrogen-bond acceptors (Lipinski definition) is 3. The minimum Gasteiger partial charge on any atom is -0.480 e. The Labute approximate surface area is 71.0 Å². The van der Waals surface area contributed by atoms with Crippen LogP contribution in [0.15, 0.2) is 0 Å². The summed E-state index contributed by atoms with van der Waals surface area (Å²) in [6, 6.07) is 0. The molecule has 4 N–H and O–H groups in total. The van der Waals surface area contributed by atoms with E-state index < -0.39 is 18.9 Å². The first-order chi connectivity index (χ1) is 5.15. The minimum atomic E-state index is -3.15. The molecule has 0 amide bonds. The summed E-state index contributed by atoms with van der Waals surface area (Å²) in [7, 11) is -3.15. The van der Waals surface area contributed by atoms with Gasteiger partial charge in [-0.15, -0.1) is 0 Å². The van der Waals surface area contributed by atoms with Crippen LogP contribution in [0.3, 0.4) is 0 Å². The lowest BCUT2D eigenvalue weighted by Crippen LogP contribution is -2.45. The Morgan fingerprint density at radius 2 is 2.08 bits per heavy atom. The summed E-state index contributed by atoms with van der Waals surface area (Å²) in [6.07, 6.45) is -0.0566. The number of carbonyl (C=O) groups is 1. The number of aliphatic carboxylic acids is 1. The third kappa shape index (κ3) is 4.49. The second-order valence-electron chi connectivity index (χ2n) is 3.25. The molecule has 0 fully saturated rings. The maximum atomic E-state index is 10.8. The Balaban J connectivity index is 4.10. The molecule has 0 aliphatic carbocycles. The van der Waals surface area contributed by atoms with E-state index in [1.807, 2.05) is 0 Å². The zero-order valence-corrected chi connectivity index (χ0v) is 8.04. The molecule has 2 atom stereocenters. The fourth-order valence-corrected chi connectivity index (χ4v) is 1.43. The van der Waals surface area contributed by atoms with Gasteiger partial charge in [-0.05, 0) is 13.3 Å². The van der Waals surface area contributed by atoms with Crippen molar-refractivity contribution < 1.29 is 19.4 Å². The third-order valence-corrected chi connectivity index (χ3v) is 2.59. The van der Waals surface area contributed by atoms with Crippen LogP contribution >= 0.6 is 7.37 Å². The molecular weight excluding hydrogens is 181 g/mol. The van der Waals surface area contributed by atoms with Crippen LogP contribution in [-0.4, -0.2) is 34.3 Å². The van der Waals surface area contributed by atoms with Gasteiger partial charge in [0.25, 0.3) is 0 Å². The van der Waals surface area contributed by atoms with Gasteiger partial charge in [-0.2, -0.15) is 0 Å². The van der Waals surface area contributed by atoms with Crippen LogP contribution in [-0.2, 0) is 9.36 Å². The molecule has 12 heavy (non-hydrogen) atoms. The van der Waals surface area contributed by atoms with Gasteiger partial charge in [0.15, 0.2) is 7.37 Å². The summed E-state index contributed by atoms with van der Waals surface area (Å²) in [6.45, 7) is 2.51. The first-order valence-electron chi connectivity index (χ1n) is 3.47. The molecule has 0 saturated heterocycles. The lowest BCUT2D eigenvalue weighted by atomic mass is 10.0. The Hall–Kier alpha value is -0.380. The van der Waals surface area contributed by atoms with Crippen molar-refractivity contribution in [3.63, 3.8) is 0 Å². The molecule has 0 aromatic heterocycles. The average molecular weight is 195 g/mol. The summed E-state index contributed by atoms with van der Waals surface area (Å²) < 4.78 is 10.8. The summed E-state index contributed by atoms with van der Waals surface area (Å²) >= 11 is 0. The first-order valence-corrected chi connectivity index (χ1v) is 5.76. The minimum absolute atomic E-state index is 0.00656. The molecule has 0 rings (SSSR count). The van der Waals surface area contributed by atoms with Gasteiger partial charge >= 0.3 is 5.97 Å². The zero-order chi connectivity index (χ0) is 9.99. The molecule has 0 saturated carbocycles. The molecule has 0 aromatic rings. The molecule has 1 unspecified atom stereocenters. The summed E-state index contributed by atoms with van der Waals surface area (Å²) in [4.78, 5) is 19.3. The summed E-state index contributed by atoms with van der Waals surface area (Å²) in [5, 5.41) is 8.54. The standard InChI is InChI=1S/C6H14NO4P/c1-6(7,5(8)9)3-4-12(2,10)11/h3-4,7H2,1-2H3,(H,8,9)(H,10,11)/t6-/m0/s1. The average Bonchev–Trinajstić information content (AvgIpc) is 1.82. The van der Waals surface area contributed by atoms with Crippen LogP contribution < -0.4 is 5.73 Å². The Morgan fingerprint density at radius 1 is 1.67 bits per heavy atom. The highest BCUT2D eigenvalue weighted by Crippen LogP contribution is 2.36. The van der Waals surface area contributed by atoms with Crippen molar-refractivity contribution in [2.45, 2.75) is 18.9 Å². The van der Waals surface area contributed by atoms with Crippen LogP contribution in [0.25, 0.3) is 0 Å². The topological polar surface area (TPSA) is 101 Å². The van der Waals surface area contributed by atoms with Gasteiger partial charge in [-0.25, -0.2) is 0 Å². The highest BCUT2D eigenvalue weighted by atomic mass is 31.2. The SMILES string of the molecule is C[C@](N)(CCP(C)(=O)O)C(=O)O. The van der Waals surface area contributed by atoms with Gasteiger partial charge in [0, 0.05) is 12.8 Å². The van der Waals surface area contributed by atoms with Gasteiger partial charge in [0.2, 0.25) is 0 Å². The van der Waals surface area contributed by atoms with Crippen LogP contribution in [0.1, 0.15) is 13.3 Å². The van der Waals surface area contributed by atoms with E-state index in [1.165, 1.54) is 13.6 Å². The summed E-state index contributed by atoms with van der Waals surface area (Å²) in [5.74, 6) is -1.16. The van der Waals surface area contributed by atoms with Crippen LogP contribution in [0.4, 0.5) is 0 Å². The van der Waals surface area contributed by atoms with Crippen molar-refractivity contribution in [1.29, 1.82) is 0 Å². The monoisotopic (exact) mass is 195 g/mol. The largest absolute Gasteiger partial charge is 0.480 e. The van der Waals surface area contributed by atoms with Gasteiger partial charge in [-0.3, -0.25) is 9.36 Å². The fraction of sp³-hybridized carbons (Fsp3) is 0.833. The van der Waals surface area contributed by atoms with E-state index in [4.69, 9.17) is 15.7 Å². The van der Waals surface area contributed by atoms with Crippen molar-refractivity contribution in [3.05, 3.63) is 0 Å². The van der Waals surface area contributed by atoms with E-state index in [2.05, 4.69) is 0 Å². The molecule has 0 bridgehead atoms. The van der Waals surface area contributed by atoms with E-state index in [1.54, 1.807) is 0 Å². The van der Waals surface area contributed by atoms with Gasteiger partial charge in [-0.1, -0.05) is 0 Å². The van der Waals surface area contributed by atoms with Crippen molar-refractivity contribution in [2.75, 3.05) is 12.8 Å². The van der Waals surface area contributed by atoms with Crippen molar-refractivity contribution in [2.24, 2.45) is 5.73 Å². The molecule has 6 heteroatoms. The second-order valence-corrected chi connectivity index (χ2v) is 5.80. The van der Waals surface area contributed by atoms with E-state index in [0.29, 0.717) is 0 Å². The predicted molar refractivity (Wildman–Crippen MR) is 45.5 cm³/mol. The molecule has 0 radical (unpaired) electrons. The van der Waals surface area contributed by atoms with Gasteiger partial charge in [0.1, 0.15) is 5.54 Å². The van der Waals surface area contributed by atoms with Crippen LogP contribution in [0.5, 0.6) is 0 Å². The molecule has 0 aliphatic rings. The molecular formula is C6H14NO4P. The van der Waals surface area contributed by atoms with Crippen molar-refractivity contribution in [3.8, 4) is 0 Å². The maximum absolute atomic E-state index is 10.8. The molecule has 0 aliphatic heterocycles. The van der Waals surface area contributed by atoms with Gasteiger partial charge < -0.3 is 15.7 Å². The van der Waals surface area contributed by atoms with Crippen LogP contribution in [0, 0.1) is 0 Å². The first kappa shape index (κ1) is 11.6. The number of carboxylic acids is 1. The molecule has 5 nitrogen and oxygen atoms in total. The quantitative estimate of drug-likeness (QED) is 0.551.